The Balaban J connectivity index is 1.94. The van der Waals surface area contributed by atoms with Crippen LogP contribution in [0.4, 0.5) is 0 Å². The number of carbonyl (C=O) groups is 2. The molecule has 0 heterocycles. The van der Waals surface area contributed by atoms with Crippen molar-refractivity contribution in [2.45, 2.75) is 12.8 Å². The number of para-hydroxylation sites is 1. The Labute approximate surface area is 146 Å². The predicted molar refractivity (Wildman–Crippen MR) is 92.6 cm³/mol. The normalized spacial score (nSPS) is 11.6. The second-order valence-electron chi connectivity index (χ2n) is 5.70. The average molecular weight is 343 g/mol. The van der Waals surface area contributed by atoms with E-state index in [1.807, 2.05) is 18.2 Å². The van der Waals surface area contributed by atoms with Crippen molar-refractivity contribution in [1.29, 1.82) is 0 Å². The van der Waals surface area contributed by atoms with Gasteiger partial charge in [0, 0.05) is 6.54 Å². The molecule has 3 N–H and O–H groups in total. The molecule has 1 atom stereocenters. The summed E-state index contributed by atoms with van der Waals surface area (Å²) >= 11 is 0. The van der Waals surface area contributed by atoms with Crippen LogP contribution in [0.3, 0.4) is 0 Å². The van der Waals surface area contributed by atoms with E-state index in [2.05, 4.69) is 5.32 Å². The molecule has 0 aliphatic carbocycles. The standard InChI is InChI=1S/C19H21NO5/c1-25-17-5-3-2-4-14(17)11-15(19(23)24)12-20-18(22)10-13-6-8-16(21)9-7-13/h2-9,15,21H,10-12H2,1H3,(H,20,22)(H,23,24). The summed E-state index contributed by atoms with van der Waals surface area (Å²) < 4.78 is 5.24. The monoisotopic (exact) mass is 343 g/mol. The Bertz CT molecular complexity index is 727. The van der Waals surface area contributed by atoms with E-state index in [1.54, 1.807) is 18.2 Å². The Morgan fingerprint density at radius 2 is 1.80 bits per heavy atom. The summed E-state index contributed by atoms with van der Waals surface area (Å²) in [5.41, 5.74) is 1.53. The number of phenols is 1. The van der Waals surface area contributed by atoms with Crippen molar-refractivity contribution in [3.63, 3.8) is 0 Å². The highest BCUT2D eigenvalue weighted by molar-refractivity contribution is 5.79. The van der Waals surface area contributed by atoms with Crippen LogP contribution in [0.15, 0.2) is 48.5 Å². The smallest absolute Gasteiger partial charge is 0.308 e. The van der Waals surface area contributed by atoms with E-state index < -0.39 is 11.9 Å². The Kier molecular flexibility index (Phi) is 6.39. The summed E-state index contributed by atoms with van der Waals surface area (Å²) in [5.74, 6) is -1.23. The predicted octanol–water partition coefficient (Wildman–Crippen LogP) is 2.00. The zero-order valence-corrected chi connectivity index (χ0v) is 13.9. The second-order valence-corrected chi connectivity index (χ2v) is 5.70. The van der Waals surface area contributed by atoms with Crippen molar-refractivity contribution in [3.8, 4) is 11.5 Å². The summed E-state index contributed by atoms with van der Waals surface area (Å²) in [5, 5.41) is 21.3. The number of carboxylic acids is 1. The molecule has 0 aliphatic heterocycles. The van der Waals surface area contributed by atoms with Crippen molar-refractivity contribution >= 4 is 11.9 Å². The molecule has 2 rings (SSSR count). The molecule has 0 saturated carbocycles. The number of benzene rings is 2. The van der Waals surface area contributed by atoms with E-state index in [9.17, 15) is 19.8 Å². The van der Waals surface area contributed by atoms with Gasteiger partial charge in [-0.3, -0.25) is 9.59 Å². The number of hydrogen-bond acceptors (Lipinski definition) is 4. The molecule has 1 unspecified atom stereocenters. The third-order valence-electron chi connectivity index (χ3n) is 3.85. The van der Waals surface area contributed by atoms with Crippen LogP contribution in [-0.4, -0.2) is 35.7 Å². The number of nitrogens with one attached hydrogen (secondary N) is 1. The first-order valence-corrected chi connectivity index (χ1v) is 7.89. The first-order valence-electron chi connectivity index (χ1n) is 7.89. The molecule has 2 aromatic carbocycles. The summed E-state index contributed by atoms with van der Waals surface area (Å²) in [6.07, 6.45) is 0.389. The van der Waals surface area contributed by atoms with Gasteiger partial charge in [0.2, 0.25) is 5.91 Å². The maximum Gasteiger partial charge on any atom is 0.308 e. The van der Waals surface area contributed by atoms with Gasteiger partial charge < -0.3 is 20.3 Å². The molecule has 0 fully saturated rings. The lowest BCUT2D eigenvalue weighted by atomic mass is 9.98. The molecular formula is C19H21NO5. The fourth-order valence-corrected chi connectivity index (χ4v) is 2.48. The Morgan fingerprint density at radius 3 is 2.44 bits per heavy atom. The maximum absolute atomic E-state index is 12.0. The molecule has 1 amide bonds. The highest BCUT2D eigenvalue weighted by Gasteiger charge is 2.20. The lowest BCUT2D eigenvalue weighted by Crippen LogP contribution is -2.35. The molecule has 6 nitrogen and oxygen atoms in total. The minimum Gasteiger partial charge on any atom is -0.508 e. The van der Waals surface area contributed by atoms with Crippen molar-refractivity contribution in [3.05, 3.63) is 59.7 Å². The summed E-state index contributed by atoms with van der Waals surface area (Å²) in [6, 6.07) is 13.5. The number of phenolic OH excluding ortho intramolecular Hbond substituents is 1. The number of aliphatic carboxylic acids is 1. The summed E-state index contributed by atoms with van der Waals surface area (Å²) in [7, 11) is 1.54. The van der Waals surface area contributed by atoms with Crippen molar-refractivity contribution in [2.24, 2.45) is 5.92 Å². The lowest BCUT2D eigenvalue weighted by Gasteiger charge is -2.15. The van der Waals surface area contributed by atoms with Gasteiger partial charge in [0.25, 0.3) is 0 Å². The summed E-state index contributed by atoms with van der Waals surface area (Å²) in [4.78, 5) is 23.5. The van der Waals surface area contributed by atoms with Crippen LogP contribution in [0.1, 0.15) is 11.1 Å². The minimum atomic E-state index is -0.976. The molecule has 0 aromatic heterocycles. The van der Waals surface area contributed by atoms with Gasteiger partial charge in [0.1, 0.15) is 11.5 Å². The lowest BCUT2D eigenvalue weighted by molar-refractivity contribution is -0.141. The molecule has 0 aliphatic rings. The van der Waals surface area contributed by atoms with E-state index >= 15 is 0 Å². The van der Waals surface area contributed by atoms with Gasteiger partial charge in [0.15, 0.2) is 0 Å². The largest absolute Gasteiger partial charge is 0.508 e. The zero-order chi connectivity index (χ0) is 18.2. The molecule has 0 spiro atoms. The van der Waals surface area contributed by atoms with Crippen LogP contribution < -0.4 is 10.1 Å². The fourth-order valence-electron chi connectivity index (χ4n) is 2.48. The van der Waals surface area contributed by atoms with Crippen LogP contribution in [0.2, 0.25) is 0 Å². The van der Waals surface area contributed by atoms with Crippen LogP contribution in [-0.2, 0) is 22.4 Å². The first kappa shape index (κ1) is 18.3. The average Bonchev–Trinajstić information content (AvgIpc) is 2.60. The van der Waals surface area contributed by atoms with Gasteiger partial charge in [-0.1, -0.05) is 30.3 Å². The molecule has 25 heavy (non-hydrogen) atoms. The number of carboxylic acid groups (broad SMARTS) is 1. The fraction of sp³-hybridized carbons (Fsp3) is 0.263. The van der Waals surface area contributed by atoms with E-state index in [0.717, 1.165) is 11.1 Å². The van der Waals surface area contributed by atoms with Crippen molar-refractivity contribution < 1.29 is 24.5 Å². The molecular weight excluding hydrogens is 322 g/mol. The number of rotatable bonds is 8. The van der Waals surface area contributed by atoms with E-state index in [4.69, 9.17) is 4.74 Å². The van der Waals surface area contributed by atoms with Gasteiger partial charge >= 0.3 is 5.97 Å². The number of ether oxygens (including phenoxy) is 1. The van der Waals surface area contributed by atoms with Gasteiger partial charge in [-0.05, 0) is 35.7 Å². The third-order valence-corrected chi connectivity index (χ3v) is 3.85. The number of aromatic hydroxyl groups is 1. The Morgan fingerprint density at radius 1 is 1.12 bits per heavy atom. The molecule has 0 saturated heterocycles. The number of methoxy groups -OCH3 is 1. The van der Waals surface area contributed by atoms with Crippen LogP contribution in [0.5, 0.6) is 11.5 Å². The molecule has 2 aromatic rings. The van der Waals surface area contributed by atoms with E-state index in [-0.39, 0.29) is 31.0 Å². The van der Waals surface area contributed by atoms with E-state index in [0.29, 0.717) is 5.75 Å². The molecule has 0 radical (unpaired) electrons. The maximum atomic E-state index is 12.0. The quantitative estimate of drug-likeness (QED) is 0.681. The van der Waals surface area contributed by atoms with Crippen molar-refractivity contribution in [2.75, 3.05) is 13.7 Å². The topological polar surface area (TPSA) is 95.9 Å². The van der Waals surface area contributed by atoms with Crippen LogP contribution in [0, 0.1) is 5.92 Å². The number of amides is 1. The highest BCUT2D eigenvalue weighted by atomic mass is 16.5. The number of hydrogen-bond donors (Lipinski definition) is 3. The van der Waals surface area contributed by atoms with Gasteiger partial charge in [-0.2, -0.15) is 0 Å². The first-order chi connectivity index (χ1) is 12.0. The van der Waals surface area contributed by atoms with Crippen LogP contribution in [0.25, 0.3) is 0 Å². The minimum absolute atomic E-state index is 0.0320. The van der Waals surface area contributed by atoms with Crippen molar-refractivity contribution in [1.82, 2.24) is 5.32 Å². The molecule has 132 valence electrons. The summed E-state index contributed by atoms with van der Waals surface area (Å²) in [6.45, 7) is 0.0320. The van der Waals surface area contributed by atoms with Gasteiger partial charge in [-0.25, -0.2) is 0 Å². The van der Waals surface area contributed by atoms with Gasteiger partial charge in [-0.15, -0.1) is 0 Å². The zero-order valence-electron chi connectivity index (χ0n) is 13.9. The number of carbonyl (C=O) groups excluding carboxylic acids is 1. The Hall–Kier alpha value is -3.02. The second kappa shape index (κ2) is 8.73. The van der Waals surface area contributed by atoms with Gasteiger partial charge in [0.05, 0.1) is 19.4 Å². The van der Waals surface area contributed by atoms with E-state index in [1.165, 1.54) is 19.2 Å². The third kappa shape index (κ3) is 5.53. The molecule has 0 bridgehead atoms. The van der Waals surface area contributed by atoms with Crippen LogP contribution >= 0.6 is 0 Å². The highest BCUT2D eigenvalue weighted by Crippen LogP contribution is 2.21. The molecule has 6 heteroatoms. The SMILES string of the molecule is COc1ccccc1CC(CNC(=O)Cc1ccc(O)cc1)C(=O)O.